The highest BCUT2D eigenvalue weighted by molar-refractivity contribution is 5.34. The second-order valence-corrected chi connectivity index (χ2v) is 4.26. The molecule has 74 valence electrons. The van der Waals surface area contributed by atoms with E-state index in [1.165, 1.54) is 11.1 Å². The second kappa shape index (κ2) is 3.49. The zero-order valence-corrected chi connectivity index (χ0v) is 8.79. The SMILES string of the molecule is Cc1ccccc1C1(C)CC=COC1. The number of hydrogen-bond donors (Lipinski definition) is 0. The molecule has 0 N–H and O–H groups in total. The number of rotatable bonds is 1. The molecule has 1 heteroatoms. The van der Waals surface area contributed by atoms with Crippen LogP contribution in [0.4, 0.5) is 0 Å². The molecule has 2 rings (SSSR count). The van der Waals surface area contributed by atoms with Gasteiger partial charge in [0.05, 0.1) is 12.9 Å². The van der Waals surface area contributed by atoms with E-state index < -0.39 is 0 Å². The lowest BCUT2D eigenvalue weighted by Crippen LogP contribution is -2.29. The largest absolute Gasteiger partial charge is 0.501 e. The zero-order chi connectivity index (χ0) is 10.0. The quantitative estimate of drug-likeness (QED) is 0.657. The highest BCUT2D eigenvalue weighted by Crippen LogP contribution is 2.32. The lowest BCUT2D eigenvalue weighted by Gasteiger charge is -2.32. The van der Waals surface area contributed by atoms with Crippen molar-refractivity contribution in [3.05, 3.63) is 47.7 Å². The van der Waals surface area contributed by atoms with Crippen molar-refractivity contribution in [2.45, 2.75) is 25.7 Å². The molecule has 0 fully saturated rings. The summed E-state index contributed by atoms with van der Waals surface area (Å²) in [6, 6.07) is 8.56. The smallest absolute Gasteiger partial charge is 0.0970 e. The van der Waals surface area contributed by atoms with Crippen molar-refractivity contribution in [3.63, 3.8) is 0 Å². The Morgan fingerprint density at radius 1 is 1.29 bits per heavy atom. The average Bonchev–Trinajstić information content (AvgIpc) is 2.19. The molecule has 0 spiro atoms. The molecule has 1 atom stereocenters. The summed E-state index contributed by atoms with van der Waals surface area (Å²) in [5.74, 6) is 0. The van der Waals surface area contributed by atoms with E-state index in [1.807, 2.05) is 0 Å². The normalized spacial score (nSPS) is 25.9. The van der Waals surface area contributed by atoms with Gasteiger partial charge in [-0.25, -0.2) is 0 Å². The van der Waals surface area contributed by atoms with Gasteiger partial charge in [-0.2, -0.15) is 0 Å². The van der Waals surface area contributed by atoms with Crippen molar-refractivity contribution in [2.24, 2.45) is 0 Å². The zero-order valence-electron chi connectivity index (χ0n) is 8.79. The van der Waals surface area contributed by atoms with Gasteiger partial charge < -0.3 is 4.74 Å². The molecule has 0 amide bonds. The van der Waals surface area contributed by atoms with E-state index in [1.54, 1.807) is 6.26 Å². The van der Waals surface area contributed by atoms with Gasteiger partial charge in [-0.1, -0.05) is 31.2 Å². The van der Waals surface area contributed by atoms with Crippen molar-refractivity contribution in [3.8, 4) is 0 Å². The van der Waals surface area contributed by atoms with Gasteiger partial charge in [0.15, 0.2) is 0 Å². The first-order valence-electron chi connectivity index (χ1n) is 5.05. The predicted molar refractivity (Wildman–Crippen MR) is 58.2 cm³/mol. The maximum Gasteiger partial charge on any atom is 0.0970 e. The van der Waals surface area contributed by atoms with E-state index in [9.17, 15) is 0 Å². The first kappa shape index (κ1) is 9.32. The van der Waals surface area contributed by atoms with Gasteiger partial charge >= 0.3 is 0 Å². The lowest BCUT2D eigenvalue weighted by molar-refractivity contribution is 0.159. The van der Waals surface area contributed by atoms with Crippen LogP contribution in [0.2, 0.25) is 0 Å². The maximum absolute atomic E-state index is 5.41. The Morgan fingerprint density at radius 2 is 2.07 bits per heavy atom. The molecule has 1 unspecified atom stereocenters. The molecule has 0 saturated heterocycles. The summed E-state index contributed by atoms with van der Waals surface area (Å²) < 4.78 is 5.41. The second-order valence-electron chi connectivity index (χ2n) is 4.26. The Kier molecular flexibility index (Phi) is 2.32. The molecule has 1 aromatic carbocycles. The van der Waals surface area contributed by atoms with Crippen LogP contribution in [-0.2, 0) is 10.2 Å². The van der Waals surface area contributed by atoms with E-state index in [-0.39, 0.29) is 5.41 Å². The van der Waals surface area contributed by atoms with Crippen molar-refractivity contribution in [1.82, 2.24) is 0 Å². The van der Waals surface area contributed by atoms with E-state index in [0.717, 1.165) is 13.0 Å². The first-order chi connectivity index (χ1) is 6.72. The topological polar surface area (TPSA) is 9.23 Å². The fourth-order valence-corrected chi connectivity index (χ4v) is 2.11. The third-order valence-corrected chi connectivity index (χ3v) is 2.96. The molecule has 0 aliphatic carbocycles. The maximum atomic E-state index is 5.41. The van der Waals surface area contributed by atoms with Crippen LogP contribution in [0.5, 0.6) is 0 Å². The Balaban J connectivity index is 2.38. The van der Waals surface area contributed by atoms with Gasteiger partial charge in [0.2, 0.25) is 0 Å². The molecule has 0 bridgehead atoms. The van der Waals surface area contributed by atoms with Crippen LogP contribution in [0.15, 0.2) is 36.6 Å². The van der Waals surface area contributed by atoms with Crippen LogP contribution in [0.1, 0.15) is 24.5 Å². The summed E-state index contributed by atoms with van der Waals surface area (Å²) in [6.45, 7) is 5.21. The minimum absolute atomic E-state index is 0.153. The Labute approximate surface area is 85.4 Å². The number of benzene rings is 1. The van der Waals surface area contributed by atoms with E-state index in [0.29, 0.717) is 0 Å². The lowest BCUT2D eigenvalue weighted by atomic mass is 9.77. The van der Waals surface area contributed by atoms with E-state index >= 15 is 0 Å². The van der Waals surface area contributed by atoms with E-state index in [4.69, 9.17) is 4.74 Å². The molecular weight excluding hydrogens is 172 g/mol. The van der Waals surface area contributed by atoms with Crippen molar-refractivity contribution in [1.29, 1.82) is 0 Å². The van der Waals surface area contributed by atoms with Gasteiger partial charge in [-0.3, -0.25) is 0 Å². The van der Waals surface area contributed by atoms with Gasteiger partial charge in [0.25, 0.3) is 0 Å². The third kappa shape index (κ3) is 1.54. The number of ether oxygens (including phenoxy) is 1. The molecule has 14 heavy (non-hydrogen) atoms. The molecule has 1 aliphatic heterocycles. The van der Waals surface area contributed by atoms with Crippen LogP contribution in [0.25, 0.3) is 0 Å². The molecule has 1 aromatic rings. The highest BCUT2D eigenvalue weighted by atomic mass is 16.5. The molecule has 1 nitrogen and oxygen atoms in total. The third-order valence-electron chi connectivity index (χ3n) is 2.96. The first-order valence-corrected chi connectivity index (χ1v) is 5.05. The van der Waals surface area contributed by atoms with Crippen molar-refractivity contribution >= 4 is 0 Å². The average molecular weight is 188 g/mol. The van der Waals surface area contributed by atoms with Crippen LogP contribution >= 0.6 is 0 Å². The van der Waals surface area contributed by atoms with Crippen molar-refractivity contribution < 1.29 is 4.74 Å². The summed E-state index contributed by atoms with van der Waals surface area (Å²) in [4.78, 5) is 0. The van der Waals surface area contributed by atoms with Gasteiger partial charge in [0, 0.05) is 5.41 Å². The van der Waals surface area contributed by atoms with Gasteiger partial charge in [-0.15, -0.1) is 0 Å². The minimum atomic E-state index is 0.153. The fraction of sp³-hybridized carbons (Fsp3) is 0.385. The number of hydrogen-bond acceptors (Lipinski definition) is 1. The molecule has 0 saturated carbocycles. The van der Waals surface area contributed by atoms with Crippen LogP contribution in [0.3, 0.4) is 0 Å². The molecular formula is C13H16O. The monoisotopic (exact) mass is 188 g/mol. The van der Waals surface area contributed by atoms with Crippen molar-refractivity contribution in [2.75, 3.05) is 6.61 Å². The summed E-state index contributed by atoms with van der Waals surface area (Å²) in [6.07, 6.45) is 4.98. The van der Waals surface area contributed by atoms with Crippen LogP contribution in [0, 0.1) is 6.92 Å². The Bertz CT molecular complexity index is 354. The summed E-state index contributed by atoms with van der Waals surface area (Å²) in [7, 11) is 0. The van der Waals surface area contributed by atoms with Crippen LogP contribution in [-0.4, -0.2) is 6.61 Å². The summed E-state index contributed by atoms with van der Waals surface area (Å²) in [5, 5.41) is 0. The van der Waals surface area contributed by atoms with E-state index in [2.05, 4.69) is 44.2 Å². The molecule has 0 aromatic heterocycles. The number of allylic oxidation sites excluding steroid dienone is 1. The Morgan fingerprint density at radius 3 is 2.71 bits per heavy atom. The molecule has 1 heterocycles. The standard InChI is InChI=1S/C13H16O/c1-11-6-3-4-7-12(11)13(2)8-5-9-14-10-13/h3-7,9H,8,10H2,1-2H3. The summed E-state index contributed by atoms with van der Waals surface area (Å²) in [5.41, 5.74) is 2.92. The van der Waals surface area contributed by atoms with Gasteiger partial charge in [-0.05, 0) is 30.5 Å². The minimum Gasteiger partial charge on any atom is -0.501 e. The number of aryl methyl sites for hydroxylation is 1. The molecule has 0 radical (unpaired) electrons. The fourth-order valence-electron chi connectivity index (χ4n) is 2.11. The highest BCUT2D eigenvalue weighted by Gasteiger charge is 2.29. The summed E-state index contributed by atoms with van der Waals surface area (Å²) >= 11 is 0. The molecule has 1 aliphatic rings. The Hall–Kier alpha value is -1.24. The van der Waals surface area contributed by atoms with Crippen LogP contribution < -0.4 is 0 Å². The predicted octanol–water partition coefficient (Wildman–Crippen LogP) is 3.19. The van der Waals surface area contributed by atoms with Gasteiger partial charge in [0.1, 0.15) is 0 Å².